The van der Waals surface area contributed by atoms with Crippen LogP contribution in [0, 0.1) is 12.8 Å². The summed E-state index contributed by atoms with van der Waals surface area (Å²) in [6, 6.07) is 1.70. The standard InChI is InChI=1S/C10H15N3O3/c1-7-5-9(12-15-7)16-13-4-2-3-8(6-13)10(11)14/h5,8H,2-4,6H2,1H3,(H2,11,14). The van der Waals surface area contributed by atoms with E-state index in [0.717, 1.165) is 19.4 Å². The van der Waals surface area contributed by atoms with Crippen LogP contribution in [0.15, 0.2) is 10.6 Å². The summed E-state index contributed by atoms with van der Waals surface area (Å²) in [5.41, 5.74) is 5.27. The van der Waals surface area contributed by atoms with Gasteiger partial charge in [-0.25, -0.2) is 0 Å². The van der Waals surface area contributed by atoms with Gasteiger partial charge in [-0.15, -0.1) is 5.06 Å². The van der Waals surface area contributed by atoms with Crippen molar-refractivity contribution in [3.63, 3.8) is 0 Å². The first-order valence-corrected chi connectivity index (χ1v) is 5.30. The van der Waals surface area contributed by atoms with Crippen molar-refractivity contribution in [1.29, 1.82) is 0 Å². The van der Waals surface area contributed by atoms with Gasteiger partial charge >= 0.3 is 0 Å². The molecule has 6 nitrogen and oxygen atoms in total. The predicted octanol–water partition coefficient (Wildman–Crippen LogP) is 0.474. The number of nitrogens with two attached hydrogens (primary N) is 1. The van der Waals surface area contributed by atoms with Crippen molar-refractivity contribution in [1.82, 2.24) is 10.2 Å². The number of hydrogen-bond donors (Lipinski definition) is 1. The fourth-order valence-corrected chi connectivity index (χ4v) is 1.78. The highest BCUT2D eigenvalue weighted by atomic mass is 16.7. The number of rotatable bonds is 3. The Bertz CT molecular complexity index is 377. The molecule has 0 saturated carbocycles. The van der Waals surface area contributed by atoms with Gasteiger partial charge in [0.2, 0.25) is 5.91 Å². The van der Waals surface area contributed by atoms with E-state index in [9.17, 15) is 4.79 Å². The Morgan fingerprint density at radius 2 is 2.56 bits per heavy atom. The highest BCUT2D eigenvalue weighted by Crippen LogP contribution is 2.18. The molecule has 6 heteroatoms. The average molecular weight is 225 g/mol. The predicted molar refractivity (Wildman–Crippen MR) is 55.4 cm³/mol. The summed E-state index contributed by atoms with van der Waals surface area (Å²) in [7, 11) is 0. The van der Waals surface area contributed by atoms with Crippen LogP contribution in [-0.4, -0.2) is 29.2 Å². The lowest BCUT2D eigenvalue weighted by molar-refractivity contribution is -0.133. The van der Waals surface area contributed by atoms with Crippen LogP contribution < -0.4 is 10.6 Å². The molecule has 1 aromatic rings. The summed E-state index contributed by atoms with van der Waals surface area (Å²) >= 11 is 0. The molecule has 1 aromatic heterocycles. The number of carbonyl (C=O) groups is 1. The van der Waals surface area contributed by atoms with Gasteiger partial charge in [0.1, 0.15) is 5.76 Å². The zero-order chi connectivity index (χ0) is 11.5. The van der Waals surface area contributed by atoms with Crippen molar-refractivity contribution in [2.75, 3.05) is 13.1 Å². The van der Waals surface area contributed by atoms with E-state index < -0.39 is 0 Å². The van der Waals surface area contributed by atoms with Crippen molar-refractivity contribution in [3.8, 4) is 5.88 Å². The Balaban J connectivity index is 1.92. The van der Waals surface area contributed by atoms with E-state index in [1.54, 1.807) is 18.1 Å². The van der Waals surface area contributed by atoms with E-state index >= 15 is 0 Å². The minimum Gasteiger partial charge on any atom is -0.382 e. The van der Waals surface area contributed by atoms with E-state index in [0.29, 0.717) is 18.2 Å². The van der Waals surface area contributed by atoms with Gasteiger partial charge in [-0.3, -0.25) is 4.79 Å². The summed E-state index contributed by atoms with van der Waals surface area (Å²) in [6.07, 6.45) is 1.72. The van der Waals surface area contributed by atoms with Crippen LogP contribution in [-0.2, 0) is 4.79 Å². The Labute approximate surface area is 93.3 Å². The average Bonchev–Trinajstić information content (AvgIpc) is 2.64. The molecule has 2 rings (SSSR count). The van der Waals surface area contributed by atoms with E-state index in [2.05, 4.69) is 5.16 Å². The van der Waals surface area contributed by atoms with Gasteiger partial charge in [-0.05, 0) is 24.9 Å². The first kappa shape index (κ1) is 10.9. The molecule has 1 fully saturated rings. The molecule has 0 aliphatic carbocycles. The molecule has 1 unspecified atom stereocenters. The number of primary amides is 1. The van der Waals surface area contributed by atoms with Gasteiger partial charge in [-0.1, -0.05) is 0 Å². The fraction of sp³-hybridized carbons (Fsp3) is 0.600. The number of amides is 1. The Morgan fingerprint density at radius 3 is 3.19 bits per heavy atom. The van der Waals surface area contributed by atoms with E-state index in [1.165, 1.54) is 0 Å². The Morgan fingerprint density at radius 1 is 1.75 bits per heavy atom. The third-order valence-corrected chi connectivity index (χ3v) is 2.62. The molecule has 0 spiro atoms. The van der Waals surface area contributed by atoms with E-state index in [-0.39, 0.29) is 11.8 Å². The molecule has 1 atom stereocenters. The molecule has 0 aromatic carbocycles. The lowest BCUT2D eigenvalue weighted by Crippen LogP contribution is -2.42. The van der Waals surface area contributed by atoms with Gasteiger partial charge in [0.05, 0.1) is 5.92 Å². The normalized spacial score (nSPS) is 21.9. The molecule has 1 aliphatic rings. The zero-order valence-corrected chi connectivity index (χ0v) is 9.18. The maximum absolute atomic E-state index is 11.1. The Hall–Kier alpha value is -1.56. The van der Waals surface area contributed by atoms with Crippen molar-refractivity contribution in [3.05, 3.63) is 11.8 Å². The third kappa shape index (κ3) is 2.52. The molecule has 1 saturated heterocycles. The van der Waals surface area contributed by atoms with Crippen molar-refractivity contribution < 1.29 is 14.2 Å². The lowest BCUT2D eigenvalue weighted by atomic mass is 9.99. The number of aryl methyl sites for hydroxylation is 1. The first-order chi connectivity index (χ1) is 7.65. The molecule has 0 bridgehead atoms. The Kier molecular flexibility index (Phi) is 3.09. The highest BCUT2D eigenvalue weighted by Gasteiger charge is 2.25. The largest absolute Gasteiger partial charge is 0.382 e. The van der Waals surface area contributed by atoms with Crippen LogP contribution in [0.25, 0.3) is 0 Å². The van der Waals surface area contributed by atoms with Crippen LogP contribution in [0.5, 0.6) is 5.88 Å². The second-order valence-electron chi connectivity index (χ2n) is 4.00. The highest BCUT2D eigenvalue weighted by molar-refractivity contribution is 5.76. The molecular weight excluding hydrogens is 210 g/mol. The zero-order valence-electron chi connectivity index (χ0n) is 9.18. The van der Waals surface area contributed by atoms with Crippen molar-refractivity contribution >= 4 is 5.91 Å². The quantitative estimate of drug-likeness (QED) is 0.808. The molecule has 0 radical (unpaired) electrons. The van der Waals surface area contributed by atoms with Crippen molar-refractivity contribution in [2.45, 2.75) is 19.8 Å². The van der Waals surface area contributed by atoms with Crippen LogP contribution in [0.1, 0.15) is 18.6 Å². The van der Waals surface area contributed by atoms with Gasteiger partial charge < -0.3 is 15.1 Å². The van der Waals surface area contributed by atoms with E-state index in [1.807, 2.05) is 0 Å². The number of nitrogens with zero attached hydrogens (tertiary/aromatic N) is 2. The maximum Gasteiger partial charge on any atom is 0.277 e. The topological polar surface area (TPSA) is 81.6 Å². The van der Waals surface area contributed by atoms with Crippen LogP contribution in [0.2, 0.25) is 0 Å². The molecular formula is C10H15N3O3. The number of carbonyl (C=O) groups excluding carboxylic acids is 1. The number of hydroxylamine groups is 2. The summed E-state index contributed by atoms with van der Waals surface area (Å²) in [4.78, 5) is 16.5. The molecule has 1 amide bonds. The van der Waals surface area contributed by atoms with Crippen LogP contribution in [0.4, 0.5) is 0 Å². The smallest absolute Gasteiger partial charge is 0.277 e. The first-order valence-electron chi connectivity index (χ1n) is 5.30. The molecule has 2 N–H and O–H groups in total. The monoisotopic (exact) mass is 225 g/mol. The minimum absolute atomic E-state index is 0.137. The molecule has 88 valence electrons. The fourth-order valence-electron chi connectivity index (χ4n) is 1.78. The number of hydrogen-bond acceptors (Lipinski definition) is 5. The van der Waals surface area contributed by atoms with Gasteiger partial charge in [0, 0.05) is 19.2 Å². The minimum atomic E-state index is -0.273. The second kappa shape index (κ2) is 4.52. The van der Waals surface area contributed by atoms with Crippen molar-refractivity contribution in [2.24, 2.45) is 11.7 Å². The molecule has 2 heterocycles. The number of aromatic nitrogens is 1. The van der Waals surface area contributed by atoms with Crippen LogP contribution >= 0.6 is 0 Å². The van der Waals surface area contributed by atoms with Crippen LogP contribution in [0.3, 0.4) is 0 Å². The van der Waals surface area contributed by atoms with Gasteiger partial charge in [-0.2, -0.15) is 0 Å². The third-order valence-electron chi connectivity index (χ3n) is 2.62. The second-order valence-corrected chi connectivity index (χ2v) is 4.00. The summed E-state index contributed by atoms with van der Waals surface area (Å²) in [5, 5.41) is 5.43. The lowest BCUT2D eigenvalue weighted by Gasteiger charge is -2.29. The summed E-state index contributed by atoms with van der Waals surface area (Å²) in [5.74, 6) is 0.701. The molecule has 1 aliphatic heterocycles. The number of piperidine rings is 1. The SMILES string of the molecule is Cc1cc(ON2CCCC(C(N)=O)C2)no1. The molecule has 16 heavy (non-hydrogen) atoms. The van der Waals surface area contributed by atoms with Gasteiger partial charge in [0.15, 0.2) is 0 Å². The maximum atomic E-state index is 11.1. The summed E-state index contributed by atoms with van der Waals surface area (Å²) < 4.78 is 4.89. The van der Waals surface area contributed by atoms with E-state index in [4.69, 9.17) is 15.1 Å². The van der Waals surface area contributed by atoms with Gasteiger partial charge in [0.25, 0.3) is 5.88 Å². The summed E-state index contributed by atoms with van der Waals surface area (Å²) in [6.45, 7) is 3.08.